The molecule has 0 bridgehead atoms. The second-order valence-corrected chi connectivity index (χ2v) is 7.95. The van der Waals surface area contributed by atoms with E-state index in [4.69, 9.17) is 11.2 Å². The Labute approximate surface area is 198 Å². The molecule has 0 unspecified atom stereocenters. The normalized spacial score (nSPS) is 10.5. The number of benzene rings is 2. The number of hydrogen-bond acceptors (Lipinski definition) is 4. The maximum absolute atomic E-state index is 12.7. The maximum atomic E-state index is 12.7. The molecule has 0 spiro atoms. The molecule has 0 fully saturated rings. The van der Waals surface area contributed by atoms with Gasteiger partial charge in [0.25, 0.3) is 5.91 Å². The van der Waals surface area contributed by atoms with Gasteiger partial charge in [-0.15, -0.1) is 6.42 Å². The zero-order valence-electron chi connectivity index (χ0n) is 19.0. The standard InChI is InChI=1S/C27H24N4O3/c1-4-20-6-5-7-22(14-20)29-26(32)17-30(3)27(33)21-9-11-24(12-10-21)34-18-23-16-31-15-19(2)8-13-25(31)28-23/h1,5-16H,17-18H2,2-3H3,(H,29,32). The summed E-state index contributed by atoms with van der Waals surface area (Å²) in [7, 11) is 1.58. The molecule has 2 aromatic carbocycles. The summed E-state index contributed by atoms with van der Waals surface area (Å²) in [5.74, 6) is 2.56. The third kappa shape index (κ3) is 5.43. The molecular weight excluding hydrogens is 428 g/mol. The van der Waals surface area contributed by atoms with Crippen molar-refractivity contribution < 1.29 is 14.3 Å². The van der Waals surface area contributed by atoms with Crippen molar-refractivity contribution in [3.63, 3.8) is 0 Å². The van der Waals surface area contributed by atoms with Crippen molar-refractivity contribution >= 4 is 23.1 Å². The van der Waals surface area contributed by atoms with Crippen LogP contribution >= 0.6 is 0 Å². The van der Waals surface area contributed by atoms with Gasteiger partial charge in [0.15, 0.2) is 0 Å². The highest BCUT2D eigenvalue weighted by atomic mass is 16.5. The second-order valence-electron chi connectivity index (χ2n) is 7.95. The third-order valence-corrected chi connectivity index (χ3v) is 5.18. The molecule has 2 aromatic heterocycles. The van der Waals surface area contributed by atoms with Gasteiger partial charge >= 0.3 is 0 Å². The van der Waals surface area contributed by atoms with Gasteiger partial charge in [-0.1, -0.05) is 18.1 Å². The van der Waals surface area contributed by atoms with Crippen LogP contribution in [0.15, 0.2) is 73.1 Å². The summed E-state index contributed by atoms with van der Waals surface area (Å²) in [5.41, 5.74) is 4.54. The van der Waals surface area contributed by atoms with E-state index in [1.54, 1.807) is 55.6 Å². The van der Waals surface area contributed by atoms with Crippen LogP contribution in [0.2, 0.25) is 0 Å². The quantitative estimate of drug-likeness (QED) is 0.432. The number of amides is 2. The number of carbonyl (C=O) groups excluding carboxylic acids is 2. The monoisotopic (exact) mass is 452 g/mol. The molecule has 7 heteroatoms. The zero-order chi connectivity index (χ0) is 24.1. The molecule has 0 saturated heterocycles. The first-order valence-electron chi connectivity index (χ1n) is 10.7. The SMILES string of the molecule is C#Cc1cccc(NC(=O)CN(C)C(=O)c2ccc(OCc3cn4cc(C)ccc4n3)cc2)c1. The van der Waals surface area contributed by atoms with Crippen LogP contribution < -0.4 is 10.1 Å². The number of fused-ring (bicyclic) bond motifs is 1. The summed E-state index contributed by atoms with van der Waals surface area (Å²) >= 11 is 0. The third-order valence-electron chi connectivity index (χ3n) is 5.18. The molecule has 4 rings (SSSR count). The number of nitrogens with one attached hydrogen (secondary N) is 1. The van der Waals surface area contributed by atoms with Crippen molar-refractivity contribution in [1.29, 1.82) is 0 Å². The lowest BCUT2D eigenvalue weighted by Crippen LogP contribution is -2.34. The number of imidazole rings is 1. The van der Waals surface area contributed by atoms with Gasteiger partial charge in [-0.3, -0.25) is 9.59 Å². The molecule has 4 aromatic rings. The highest BCUT2D eigenvalue weighted by molar-refractivity contribution is 5.99. The minimum atomic E-state index is -0.312. The Morgan fingerprint density at radius 1 is 1.12 bits per heavy atom. The van der Waals surface area contributed by atoms with Gasteiger partial charge in [0, 0.05) is 36.3 Å². The molecule has 0 atom stereocenters. The predicted octanol–water partition coefficient (Wildman–Crippen LogP) is 3.91. The fraction of sp³-hybridized carbons (Fsp3) is 0.148. The minimum Gasteiger partial charge on any atom is -0.487 e. The zero-order valence-corrected chi connectivity index (χ0v) is 19.0. The number of likely N-dealkylation sites (N-methyl/N-ethyl adjacent to an activating group) is 1. The predicted molar refractivity (Wildman–Crippen MR) is 131 cm³/mol. The van der Waals surface area contributed by atoms with Gasteiger partial charge in [0.05, 0.1) is 12.2 Å². The van der Waals surface area contributed by atoms with E-state index in [1.165, 1.54) is 4.90 Å². The van der Waals surface area contributed by atoms with Crippen molar-refractivity contribution in [1.82, 2.24) is 14.3 Å². The highest BCUT2D eigenvalue weighted by Gasteiger charge is 2.15. The summed E-state index contributed by atoms with van der Waals surface area (Å²) in [5, 5.41) is 2.75. The molecule has 0 aliphatic heterocycles. The van der Waals surface area contributed by atoms with Gasteiger partial charge in [-0.25, -0.2) is 4.98 Å². The first-order valence-corrected chi connectivity index (χ1v) is 10.7. The fourth-order valence-electron chi connectivity index (χ4n) is 3.47. The van der Waals surface area contributed by atoms with E-state index in [-0.39, 0.29) is 18.4 Å². The number of carbonyl (C=O) groups is 2. The molecular formula is C27H24N4O3. The van der Waals surface area contributed by atoms with Gasteiger partial charge in [0.2, 0.25) is 5.91 Å². The average molecular weight is 453 g/mol. The van der Waals surface area contributed by atoms with Gasteiger partial charge < -0.3 is 19.4 Å². The average Bonchev–Trinajstić information content (AvgIpc) is 3.24. The van der Waals surface area contributed by atoms with Crippen LogP contribution in [0.5, 0.6) is 5.75 Å². The van der Waals surface area contributed by atoms with E-state index in [1.807, 2.05) is 35.9 Å². The molecule has 7 nitrogen and oxygen atoms in total. The van der Waals surface area contributed by atoms with Crippen molar-refractivity contribution in [2.75, 3.05) is 18.9 Å². The number of terminal acetylenes is 1. The van der Waals surface area contributed by atoms with Crippen molar-refractivity contribution in [3.8, 4) is 18.1 Å². The van der Waals surface area contributed by atoms with Gasteiger partial charge in [0.1, 0.15) is 18.0 Å². The molecule has 0 saturated carbocycles. The molecule has 2 amide bonds. The Morgan fingerprint density at radius 3 is 2.68 bits per heavy atom. The Hall–Kier alpha value is -4.57. The Kier molecular flexibility index (Phi) is 6.60. The van der Waals surface area contributed by atoms with E-state index in [0.717, 1.165) is 16.9 Å². The lowest BCUT2D eigenvalue weighted by atomic mass is 10.2. The maximum Gasteiger partial charge on any atom is 0.254 e. The van der Waals surface area contributed by atoms with Crippen LogP contribution in [-0.2, 0) is 11.4 Å². The largest absolute Gasteiger partial charge is 0.487 e. The second kappa shape index (κ2) is 9.92. The lowest BCUT2D eigenvalue weighted by Gasteiger charge is -2.17. The number of anilines is 1. The fourth-order valence-corrected chi connectivity index (χ4v) is 3.47. The molecule has 2 heterocycles. The van der Waals surface area contributed by atoms with Crippen molar-refractivity contribution in [2.45, 2.75) is 13.5 Å². The van der Waals surface area contributed by atoms with E-state index in [2.05, 4.69) is 16.2 Å². The number of aryl methyl sites for hydroxylation is 1. The van der Waals surface area contributed by atoms with E-state index in [9.17, 15) is 9.59 Å². The van der Waals surface area contributed by atoms with Crippen molar-refractivity contribution in [3.05, 3.63) is 95.4 Å². The number of nitrogens with zero attached hydrogens (tertiary/aromatic N) is 3. The Bertz CT molecular complexity index is 1380. The van der Waals surface area contributed by atoms with E-state index < -0.39 is 0 Å². The van der Waals surface area contributed by atoms with Crippen LogP contribution in [-0.4, -0.2) is 39.7 Å². The number of hydrogen-bond donors (Lipinski definition) is 1. The van der Waals surface area contributed by atoms with E-state index in [0.29, 0.717) is 29.2 Å². The summed E-state index contributed by atoms with van der Waals surface area (Å²) in [6.07, 6.45) is 9.33. The number of aromatic nitrogens is 2. The summed E-state index contributed by atoms with van der Waals surface area (Å²) < 4.78 is 7.78. The van der Waals surface area contributed by atoms with Gasteiger partial charge in [-0.05, 0) is 61.0 Å². The highest BCUT2D eigenvalue weighted by Crippen LogP contribution is 2.16. The van der Waals surface area contributed by atoms with Crippen LogP contribution in [0, 0.1) is 19.3 Å². The molecule has 34 heavy (non-hydrogen) atoms. The summed E-state index contributed by atoms with van der Waals surface area (Å²) in [6.45, 7) is 2.25. The molecule has 0 aliphatic rings. The number of pyridine rings is 1. The smallest absolute Gasteiger partial charge is 0.254 e. The van der Waals surface area contributed by atoms with Crippen LogP contribution in [0.3, 0.4) is 0 Å². The van der Waals surface area contributed by atoms with Crippen molar-refractivity contribution in [2.24, 2.45) is 0 Å². The summed E-state index contributed by atoms with van der Waals surface area (Å²) in [4.78, 5) is 30.9. The van der Waals surface area contributed by atoms with Crippen LogP contribution in [0.4, 0.5) is 5.69 Å². The lowest BCUT2D eigenvalue weighted by molar-refractivity contribution is -0.116. The van der Waals surface area contributed by atoms with E-state index >= 15 is 0 Å². The number of ether oxygens (including phenoxy) is 1. The molecule has 170 valence electrons. The first-order chi connectivity index (χ1) is 16.4. The number of rotatable bonds is 7. The molecule has 0 aliphatic carbocycles. The minimum absolute atomic E-state index is 0.0925. The van der Waals surface area contributed by atoms with Crippen LogP contribution in [0.25, 0.3) is 5.65 Å². The van der Waals surface area contributed by atoms with Gasteiger partial charge in [-0.2, -0.15) is 0 Å². The molecule has 0 radical (unpaired) electrons. The van der Waals surface area contributed by atoms with Crippen LogP contribution in [0.1, 0.15) is 27.2 Å². The Balaban J connectivity index is 1.31. The Morgan fingerprint density at radius 2 is 1.91 bits per heavy atom. The first kappa shape index (κ1) is 22.6. The topological polar surface area (TPSA) is 75.9 Å². The summed E-state index contributed by atoms with van der Waals surface area (Å²) in [6, 6.07) is 17.8. The molecule has 1 N–H and O–H groups in total.